The largest absolute Gasteiger partial charge is 0.366 e. The molecule has 0 aromatic heterocycles. The molecule has 1 aliphatic heterocycles. The van der Waals surface area contributed by atoms with Crippen molar-refractivity contribution in [1.82, 2.24) is 10.2 Å². The van der Waals surface area contributed by atoms with Gasteiger partial charge in [-0.05, 0) is 42.8 Å². The van der Waals surface area contributed by atoms with Crippen molar-refractivity contribution in [1.29, 1.82) is 0 Å². The number of anilines is 1. The van der Waals surface area contributed by atoms with Crippen molar-refractivity contribution >= 4 is 17.5 Å². The molecular formula is C21H24FN3O2. The maximum absolute atomic E-state index is 13.9. The third kappa shape index (κ3) is 4.45. The van der Waals surface area contributed by atoms with Gasteiger partial charge >= 0.3 is 0 Å². The fraction of sp³-hybridized carbons (Fsp3) is 0.333. The van der Waals surface area contributed by atoms with Gasteiger partial charge in [-0.25, -0.2) is 4.39 Å². The summed E-state index contributed by atoms with van der Waals surface area (Å²) in [6.45, 7) is 4.87. The summed E-state index contributed by atoms with van der Waals surface area (Å²) in [5.74, 6) is -0.438. The fourth-order valence-corrected chi connectivity index (χ4v) is 3.15. The van der Waals surface area contributed by atoms with Crippen molar-refractivity contribution in [3.05, 3.63) is 65.5 Å². The Balaban J connectivity index is 1.59. The van der Waals surface area contributed by atoms with Crippen LogP contribution in [0.1, 0.15) is 34.1 Å². The zero-order valence-corrected chi connectivity index (χ0v) is 15.5. The highest BCUT2D eigenvalue weighted by Crippen LogP contribution is 2.20. The Labute approximate surface area is 158 Å². The van der Waals surface area contributed by atoms with E-state index in [1.807, 2.05) is 17.9 Å². The lowest BCUT2D eigenvalue weighted by atomic mass is 10.1. The number of para-hydroxylation sites is 1. The molecule has 3 rings (SSSR count). The number of hydrogen-bond acceptors (Lipinski definition) is 3. The molecule has 0 aliphatic carbocycles. The molecule has 1 aliphatic rings. The summed E-state index contributed by atoms with van der Waals surface area (Å²) in [7, 11) is 0. The van der Waals surface area contributed by atoms with Crippen LogP contribution in [0.2, 0.25) is 0 Å². The Kier molecular flexibility index (Phi) is 6.06. The lowest BCUT2D eigenvalue weighted by molar-refractivity contribution is 0.0746. The van der Waals surface area contributed by atoms with E-state index in [1.54, 1.807) is 41.3 Å². The molecule has 1 saturated heterocycles. The Morgan fingerprint density at radius 2 is 1.59 bits per heavy atom. The number of nitrogens with zero attached hydrogens (tertiary/aromatic N) is 2. The van der Waals surface area contributed by atoms with Gasteiger partial charge < -0.3 is 15.1 Å². The van der Waals surface area contributed by atoms with Gasteiger partial charge in [-0.3, -0.25) is 9.59 Å². The predicted octanol–water partition coefficient (Wildman–Crippen LogP) is 2.93. The number of carbonyl (C=O) groups excluding carboxylic acids is 2. The SMILES string of the molecule is CCCNC(=O)c1ccc(C(=O)N2CCN(c3ccccc3F)CC2)cc1. The molecule has 0 spiro atoms. The van der Waals surface area contributed by atoms with Gasteiger partial charge in [0.1, 0.15) is 5.82 Å². The molecule has 2 amide bonds. The average Bonchev–Trinajstić information content (AvgIpc) is 2.72. The fourth-order valence-electron chi connectivity index (χ4n) is 3.15. The van der Waals surface area contributed by atoms with Gasteiger partial charge in [0.05, 0.1) is 5.69 Å². The first-order chi connectivity index (χ1) is 13.1. The summed E-state index contributed by atoms with van der Waals surface area (Å²) in [4.78, 5) is 28.4. The number of piperazine rings is 1. The van der Waals surface area contributed by atoms with E-state index in [1.165, 1.54) is 6.07 Å². The van der Waals surface area contributed by atoms with E-state index in [0.717, 1.165) is 6.42 Å². The van der Waals surface area contributed by atoms with Crippen LogP contribution in [0.3, 0.4) is 0 Å². The molecule has 5 nitrogen and oxygen atoms in total. The first-order valence-electron chi connectivity index (χ1n) is 9.27. The number of nitrogens with one attached hydrogen (secondary N) is 1. The number of benzene rings is 2. The van der Waals surface area contributed by atoms with Crippen LogP contribution >= 0.6 is 0 Å². The summed E-state index contributed by atoms with van der Waals surface area (Å²) in [6, 6.07) is 13.4. The summed E-state index contributed by atoms with van der Waals surface area (Å²) < 4.78 is 13.9. The lowest BCUT2D eigenvalue weighted by Gasteiger charge is -2.36. The quantitative estimate of drug-likeness (QED) is 0.882. The minimum Gasteiger partial charge on any atom is -0.366 e. The number of hydrogen-bond donors (Lipinski definition) is 1. The third-order valence-corrected chi connectivity index (χ3v) is 4.69. The van der Waals surface area contributed by atoms with Crippen LogP contribution in [0.4, 0.5) is 10.1 Å². The van der Waals surface area contributed by atoms with Crippen LogP contribution in [0, 0.1) is 5.82 Å². The molecule has 1 fully saturated rings. The highest BCUT2D eigenvalue weighted by atomic mass is 19.1. The first kappa shape index (κ1) is 18.9. The van der Waals surface area contributed by atoms with Crippen molar-refractivity contribution in [2.45, 2.75) is 13.3 Å². The van der Waals surface area contributed by atoms with Gasteiger partial charge in [0.15, 0.2) is 0 Å². The maximum atomic E-state index is 13.9. The summed E-state index contributed by atoms with van der Waals surface area (Å²) in [5, 5.41) is 2.82. The van der Waals surface area contributed by atoms with Gasteiger partial charge in [0.25, 0.3) is 11.8 Å². The molecule has 2 aromatic carbocycles. The minimum absolute atomic E-state index is 0.0660. The van der Waals surface area contributed by atoms with Crippen molar-refractivity contribution in [2.24, 2.45) is 0 Å². The van der Waals surface area contributed by atoms with Gasteiger partial charge in [-0.1, -0.05) is 19.1 Å². The molecule has 1 heterocycles. The molecule has 0 unspecified atom stereocenters. The van der Waals surface area contributed by atoms with E-state index in [0.29, 0.717) is 49.5 Å². The second-order valence-electron chi connectivity index (χ2n) is 6.56. The predicted molar refractivity (Wildman–Crippen MR) is 104 cm³/mol. The molecule has 27 heavy (non-hydrogen) atoms. The zero-order chi connectivity index (χ0) is 19.2. The zero-order valence-electron chi connectivity index (χ0n) is 15.5. The molecule has 0 atom stereocenters. The van der Waals surface area contributed by atoms with E-state index in [2.05, 4.69) is 5.32 Å². The highest BCUT2D eigenvalue weighted by molar-refractivity contribution is 5.97. The van der Waals surface area contributed by atoms with Crippen LogP contribution in [-0.2, 0) is 0 Å². The Morgan fingerprint density at radius 3 is 2.22 bits per heavy atom. The topological polar surface area (TPSA) is 52.7 Å². The van der Waals surface area contributed by atoms with Gasteiger partial charge in [0, 0.05) is 43.9 Å². The van der Waals surface area contributed by atoms with Crippen LogP contribution in [0.5, 0.6) is 0 Å². The monoisotopic (exact) mass is 369 g/mol. The van der Waals surface area contributed by atoms with E-state index < -0.39 is 0 Å². The molecule has 6 heteroatoms. The normalized spacial score (nSPS) is 14.1. The molecule has 1 N–H and O–H groups in total. The Bertz CT molecular complexity index is 799. The van der Waals surface area contributed by atoms with Gasteiger partial charge in [-0.2, -0.15) is 0 Å². The van der Waals surface area contributed by atoms with Crippen LogP contribution in [0.15, 0.2) is 48.5 Å². The summed E-state index contributed by atoms with van der Waals surface area (Å²) in [5.41, 5.74) is 1.68. The number of carbonyl (C=O) groups is 2. The average molecular weight is 369 g/mol. The van der Waals surface area contributed by atoms with Crippen molar-refractivity contribution in [3.8, 4) is 0 Å². The summed E-state index contributed by atoms with van der Waals surface area (Å²) >= 11 is 0. The second kappa shape index (κ2) is 8.66. The third-order valence-electron chi connectivity index (χ3n) is 4.69. The van der Waals surface area contributed by atoms with E-state index >= 15 is 0 Å². The Morgan fingerprint density at radius 1 is 0.963 bits per heavy atom. The lowest BCUT2D eigenvalue weighted by Crippen LogP contribution is -2.49. The molecule has 0 saturated carbocycles. The first-order valence-corrected chi connectivity index (χ1v) is 9.27. The van der Waals surface area contributed by atoms with Crippen LogP contribution < -0.4 is 10.2 Å². The van der Waals surface area contributed by atoms with Crippen LogP contribution in [-0.4, -0.2) is 49.4 Å². The van der Waals surface area contributed by atoms with Crippen molar-refractivity contribution in [3.63, 3.8) is 0 Å². The smallest absolute Gasteiger partial charge is 0.253 e. The molecule has 2 aromatic rings. The Hall–Kier alpha value is -2.89. The van der Waals surface area contributed by atoms with Crippen LogP contribution in [0.25, 0.3) is 0 Å². The highest BCUT2D eigenvalue weighted by Gasteiger charge is 2.23. The standard InChI is InChI=1S/C21H24FN3O2/c1-2-11-23-20(26)16-7-9-17(10-8-16)21(27)25-14-12-24(13-15-25)19-6-4-3-5-18(19)22/h3-10H,2,11-15H2,1H3,(H,23,26). The molecular weight excluding hydrogens is 345 g/mol. The second-order valence-corrected chi connectivity index (χ2v) is 6.56. The van der Waals surface area contributed by atoms with E-state index in [9.17, 15) is 14.0 Å². The minimum atomic E-state index is -0.241. The maximum Gasteiger partial charge on any atom is 0.253 e. The molecule has 142 valence electrons. The summed E-state index contributed by atoms with van der Waals surface area (Å²) in [6.07, 6.45) is 0.876. The molecule has 0 bridgehead atoms. The number of halogens is 1. The molecule has 0 radical (unpaired) electrons. The number of amides is 2. The van der Waals surface area contributed by atoms with E-state index in [4.69, 9.17) is 0 Å². The van der Waals surface area contributed by atoms with Crippen molar-refractivity contribution < 1.29 is 14.0 Å². The van der Waals surface area contributed by atoms with Gasteiger partial charge in [0.2, 0.25) is 0 Å². The van der Waals surface area contributed by atoms with Gasteiger partial charge in [-0.15, -0.1) is 0 Å². The van der Waals surface area contributed by atoms with E-state index in [-0.39, 0.29) is 17.6 Å². The number of rotatable bonds is 5. The van der Waals surface area contributed by atoms with Crippen molar-refractivity contribution in [2.75, 3.05) is 37.6 Å².